The molecular weight excluding hydrogens is 530 g/mol. The summed E-state index contributed by atoms with van der Waals surface area (Å²) < 4.78 is 0. The molecule has 1 N–H and O–H groups in total. The van der Waals surface area contributed by atoms with E-state index in [1.165, 1.54) is 66.4 Å². The first-order valence-corrected chi connectivity index (χ1v) is 15.4. The van der Waals surface area contributed by atoms with Crippen molar-refractivity contribution in [2.75, 3.05) is 5.32 Å². The van der Waals surface area contributed by atoms with E-state index in [1.54, 1.807) is 0 Å². The summed E-state index contributed by atoms with van der Waals surface area (Å²) in [7, 11) is 0. The smallest absolute Gasteiger partial charge is 0.0384 e. The maximum absolute atomic E-state index is 3.60. The predicted octanol–water partition coefficient (Wildman–Crippen LogP) is 11.9. The summed E-state index contributed by atoms with van der Waals surface area (Å²) in [5.74, 6) is 0. The number of hydrogen-bond donors (Lipinski definition) is 1. The van der Waals surface area contributed by atoms with Gasteiger partial charge in [-0.1, -0.05) is 141 Å². The van der Waals surface area contributed by atoms with Crippen LogP contribution in [0.2, 0.25) is 0 Å². The zero-order valence-corrected chi connectivity index (χ0v) is 25.0. The van der Waals surface area contributed by atoms with Gasteiger partial charge in [0.2, 0.25) is 0 Å². The summed E-state index contributed by atoms with van der Waals surface area (Å²) in [6, 6.07) is 57.2. The summed E-state index contributed by atoms with van der Waals surface area (Å²) in [5, 5.41) is 6.14. The van der Waals surface area contributed by atoms with Crippen LogP contribution in [0.3, 0.4) is 0 Å². The zero-order chi connectivity index (χ0) is 29.7. The molecule has 7 aromatic rings. The van der Waals surface area contributed by atoms with E-state index >= 15 is 0 Å². The molecule has 0 amide bonds. The van der Waals surface area contributed by atoms with Crippen molar-refractivity contribution in [3.05, 3.63) is 169 Å². The van der Waals surface area contributed by atoms with E-state index in [2.05, 4.69) is 177 Å². The van der Waals surface area contributed by atoms with Crippen LogP contribution in [0.4, 0.5) is 11.4 Å². The minimum atomic E-state index is 0.0333. The maximum Gasteiger partial charge on any atom is 0.0384 e. The SMILES string of the molecule is CC1(C)c2ccccc2-c2cc(-c3ccc(Nc4ccc(-c5cccc6cccc(-c7ccccc7)c56)cc4)cc3)ccc21. The molecular formula is C43H33N. The molecule has 1 nitrogen and oxygen atoms in total. The Morgan fingerprint density at radius 3 is 1.59 bits per heavy atom. The number of rotatable bonds is 5. The number of anilines is 2. The Bertz CT molecular complexity index is 2130. The zero-order valence-electron chi connectivity index (χ0n) is 25.0. The Balaban J connectivity index is 1.05. The Kier molecular flexibility index (Phi) is 6.20. The summed E-state index contributed by atoms with van der Waals surface area (Å²) in [5.41, 5.74) is 15.1. The Hall–Kier alpha value is -5.40. The third kappa shape index (κ3) is 4.41. The Morgan fingerprint density at radius 1 is 0.386 bits per heavy atom. The second kappa shape index (κ2) is 10.4. The van der Waals surface area contributed by atoms with Crippen molar-refractivity contribution < 1.29 is 0 Å². The van der Waals surface area contributed by atoms with E-state index in [0.29, 0.717) is 0 Å². The van der Waals surface area contributed by atoms with E-state index < -0.39 is 0 Å². The van der Waals surface area contributed by atoms with Crippen molar-refractivity contribution >= 4 is 22.1 Å². The van der Waals surface area contributed by atoms with Gasteiger partial charge in [0.15, 0.2) is 0 Å². The number of nitrogens with one attached hydrogen (secondary N) is 1. The molecule has 8 rings (SSSR count). The molecule has 1 heteroatoms. The molecule has 1 aliphatic carbocycles. The van der Waals surface area contributed by atoms with Gasteiger partial charge in [-0.05, 0) is 96.7 Å². The largest absolute Gasteiger partial charge is 0.356 e. The van der Waals surface area contributed by atoms with Crippen molar-refractivity contribution in [2.45, 2.75) is 19.3 Å². The van der Waals surface area contributed by atoms with E-state index in [9.17, 15) is 0 Å². The van der Waals surface area contributed by atoms with Crippen LogP contribution < -0.4 is 5.32 Å². The molecule has 0 saturated heterocycles. The minimum absolute atomic E-state index is 0.0333. The number of benzene rings is 7. The normalized spacial score (nSPS) is 13.0. The third-order valence-electron chi connectivity index (χ3n) is 9.28. The van der Waals surface area contributed by atoms with Gasteiger partial charge < -0.3 is 5.32 Å². The fourth-order valence-electron chi connectivity index (χ4n) is 6.99. The van der Waals surface area contributed by atoms with E-state index in [1.807, 2.05) is 0 Å². The van der Waals surface area contributed by atoms with Crippen molar-refractivity contribution in [3.63, 3.8) is 0 Å². The number of fused-ring (bicyclic) bond motifs is 4. The van der Waals surface area contributed by atoms with Gasteiger partial charge in [-0.2, -0.15) is 0 Å². The average Bonchev–Trinajstić information content (AvgIpc) is 3.31. The van der Waals surface area contributed by atoms with Crippen LogP contribution in [0, 0.1) is 0 Å². The average molecular weight is 564 g/mol. The number of hydrogen-bond acceptors (Lipinski definition) is 1. The molecule has 0 heterocycles. The first kappa shape index (κ1) is 26.2. The quantitative estimate of drug-likeness (QED) is 0.220. The highest BCUT2D eigenvalue weighted by Gasteiger charge is 2.35. The molecule has 7 aromatic carbocycles. The first-order chi connectivity index (χ1) is 21.6. The van der Waals surface area contributed by atoms with Crippen LogP contribution in [-0.2, 0) is 5.41 Å². The Morgan fingerprint density at radius 2 is 0.909 bits per heavy atom. The molecule has 0 atom stereocenters. The predicted molar refractivity (Wildman–Crippen MR) is 188 cm³/mol. The highest BCUT2D eigenvalue weighted by atomic mass is 14.9. The standard InChI is InChI=1S/C43H33N/c1-43(2)40-17-7-6-14-38(40)39-28-33(22-27-41(39)43)29-18-23-34(24-19-29)44-35-25-20-31(21-26-35)37-16-9-13-32-12-8-15-36(42(32)37)30-10-4-3-5-11-30/h3-28,44H,1-2H3. The van der Waals surface area contributed by atoms with Gasteiger partial charge in [-0.15, -0.1) is 0 Å². The van der Waals surface area contributed by atoms with Gasteiger partial charge in [0.25, 0.3) is 0 Å². The van der Waals surface area contributed by atoms with Crippen LogP contribution >= 0.6 is 0 Å². The Labute approximate surface area is 259 Å². The van der Waals surface area contributed by atoms with Gasteiger partial charge in [0.1, 0.15) is 0 Å². The molecule has 210 valence electrons. The second-order valence-electron chi connectivity index (χ2n) is 12.3. The lowest BCUT2D eigenvalue weighted by atomic mass is 9.82. The van der Waals surface area contributed by atoms with Crippen molar-refractivity contribution in [1.82, 2.24) is 0 Å². The van der Waals surface area contributed by atoms with Gasteiger partial charge in [0.05, 0.1) is 0 Å². The lowest BCUT2D eigenvalue weighted by Gasteiger charge is -2.21. The minimum Gasteiger partial charge on any atom is -0.356 e. The monoisotopic (exact) mass is 563 g/mol. The summed E-state index contributed by atoms with van der Waals surface area (Å²) in [6.45, 7) is 4.66. The third-order valence-corrected chi connectivity index (χ3v) is 9.28. The van der Waals surface area contributed by atoms with E-state index in [4.69, 9.17) is 0 Å². The van der Waals surface area contributed by atoms with E-state index in [0.717, 1.165) is 11.4 Å². The summed E-state index contributed by atoms with van der Waals surface area (Å²) in [6.07, 6.45) is 0. The maximum atomic E-state index is 3.60. The lowest BCUT2D eigenvalue weighted by molar-refractivity contribution is 0.660. The molecule has 0 fully saturated rings. The molecule has 0 unspecified atom stereocenters. The van der Waals surface area contributed by atoms with Crippen LogP contribution in [0.5, 0.6) is 0 Å². The van der Waals surface area contributed by atoms with Crippen LogP contribution in [0.1, 0.15) is 25.0 Å². The van der Waals surface area contributed by atoms with Crippen LogP contribution in [0.15, 0.2) is 158 Å². The van der Waals surface area contributed by atoms with Gasteiger partial charge in [-0.3, -0.25) is 0 Å². The lowest BCUT2D eigenvalue weighted by Crippen LogP contribution is -2.14. The molecule has 0 aromatic heterocycles. The molecule has 44 heavy (non-hydrogen) atoms. The first-order valence-electron chi connectivity index (χ1n) is 15.4. The fraction of sp³-hybridized carbons (Fsp3) is 0.0698. The van der Waals surface area contributed by atoms with Crippen molar-refractivity contribution in [3.8, 4) is 44.5 Å². The summed E-state index contributed by atoms with van der Waals surface area (Å²) in [4.78, 5) is 0. The molecule has 0 aliphatic heterocycles. The van der Waals surface area contributed by atoms with Crippen LogP contribution in [0.25, 0.3) is 55.3 Å². The highest BCUT2D eigenvalue weighted by Crippen LogP contribution is 2.49. The summed E-state index contributed by atoms with van der Waals surface area (Å²) >= 11 is 0. The van der Waals surface area contributed by atoms with Crippen molar-refractivity contribution in [2.24, 2.45) is 0 Å². The molecule has 1 aliphatic rings. The topological polar surface area (TPSA) is 12.0 Å². The molecule has 0 spiro atoms. The fourth-order valence-corrected chi connectivity index (χ4v) is 6.99. The molecule has 0 bridgehead atoms. The molecule has 0 saturated carbocycles. The molecule has 0 radical (unpaired) electrons. The van der Waals surface area contributed by atoms with Crippen molar-refractivity contribution in [1.29, 1.82) is 0 Å². The van der Waals surface area contributed by atoms with Gasteiger partial charge in [0, 0.05) is 16.8 Å². The van der Waals surface area contributed by atoms with Gasteiger partial charge in [-0.25, -0.2) is 0 Å². The highest BCUT2D eigenvalue weighted by molar-refractivity contribution is 6.06. The van der Waals surface area contributed by atoms with Gasteiger partial charge >= 0.3 is 0 Å². The van der Waals surface area contributed by atoms with E-state index in [-0.39, 0.29) is 5.41 Å². The van der Waals surface area contributed by atoms with Crippen LogP contribution in [-0.4, -0.2) is 0 Å². The second-order valence-corrected chi connectivity index (χ2v) is 12.3.